The van der Waals surface area contributed by atoms with Crippen LogP contribution in [0.1, 0.15) is 16.1 Å². The van der Waals surface area contributed by atoms with Crippen molar-refractivity contribution in [3.8, 4) is 0 Å². The number of H-pyrrole nitrogens is 1. The highest BCUT2D eigenvalue weighted by molar-refractivity contribution is 6.32. The number of aryl methyl sites for hydroxylation is 1. The Morgan fingerprint density at radius 2 is 2.27 bits per heavy atom. The first-order chi connectivity index (χ1) is 5.15. The average Bonchev–Trinajstić information content (AvgIpc) is 1.85. The van der Waals surface area contributed by atoms with Gasteiger partial charge < -0.3 is 4.98 Å². The topological polar surface area (TPSA) is 49.9 Å². The van der Waals surface area contributed by atoms with Gasteiger partial charge in [0.15, 0.2) is 6.29 Å². The maximum absolute atomic E-state index is 10.9. The Labute approximate surface area is 68.0 Å². The van der Waals surface area contributed by atoms with Crippen molar-refractivity contribution in [3.63, 3.8) is 0 Å². The van der Waals surface area contributed by atoms with Crippen LogP contribution in [0, 0.1) is 6.92 Å². The first-order valence-electron chi connectivity index (χ1n) is 2.99. The van der Waals surface area contributed by atoms with Crippen LogP contribution in [-0.4, -0.2) is 11.3 Å². The lowest BCUT2D eigenvalue weighted by Gasteiger charge is -1.95. The molecule has 1 N–H and O–H groups in total. The lowest BCUT2D eigenvalue weighted by Crippen LogP contribution is -2.13. The van der Waals surface area contributed by atoms with Crippen LogP contribution in [0.2, 0.25) is 5.02 Å². The summed E-state index contributed by atoms with van der Waals surface area (Å²) in [6.07, 6.45) is 0.445. The van der Waals surface area contributed by atoms with Gasteiger partial charge in [0.25, 0.3) is 5.56 Å². The molecule has 0 saturated carbocycles. The van der Waals surface area contributed by atoms with E-state index in [0.29, 0.717) is 12.0 Å². The first-order valence-corrected chi connectivity index (χ1v) is 3.37. The van der Waals surface area contributed by atoms with Crippen molar-refractivity contribution in [2.45, 2.75) is 6.92 Å². The third-order valence-corrected chi connectivity index (χ3v) is 1.59. The van der Waals surface area contributed by atoms with Crippen molar-refractivity contribution in [2.24, 2.45) is 0 Å². The summed E-state index contributed by atoms with van der Waals surface area (Å²) in [5.41, 5.74) is 0.188. The lowest BCUT2D eigenvalue weighted by atomic mass is 10.3. The Morgan fingerprint density at radius 3 is 2.73 bits per heavy atom. The van der Waals surface area contributed by atoms with Gasteiger partial charge in [-0.1, -0.05) is 11.6 Å². The van der Waals surface area contributed by atoms with Gasteiger partial charge in [-0.25, -0.2) is 0 Å². The van der Waals surface area contributed by atoms with Crippen LogP contribution in [0.5, 0.6) is 0 Å². The molecule has 0 atom stereocenters. The standard InChI is InChI=1S/C7H6ClNO2/c1-4-2-6(8)5(3-10)7(11)9-4/h2-3H,1H3,(H,9,11). The van der Waals surface area contributed by atoms with Crippen LogP contribution in [0.3, 0.4) is 0 Å². The van der Waals surface area contributed by atoms with Gasteiger partial charge in [-0.3, -0.25) is 9.59 Å². The van der Waals surface area contributed by atoms with Crippen molar-refractivity contribution < 1.29 is 4.79 Å². The van der Waals surface area contributed by atoms with Crippen LogP contribution >= 0.6 is 11.6 Å². The summed E-state index contributed by atoms with van der Waals surface area (Å²) in [4.78, 5) is 23.6. The molecule has 0 aromatic carbocycles. The van der Waals surface area contributed by atoms with Gasteiger partial charge in [-0.05, 0) is 13.0 Å². The summed E-state index contributed by atoms with van der Waals surface area (Å²) in [6, 6.07) is 1.53. The Hall–Kier alpha value is -1.09. The predicted molar refractivity (Wildman–Crippen MR) is 42.2 cm³/mol. The van der Waals surface area contributed by atoms with Gasteiger partial charge in [-0.15, -0.1) is 0 Å². The van der Waals surface area contributed by atoms with E-state index in [0.717, 1.165) is 0 Å². The molecule has 0 saturated heterocycles. The number of carbonyl (C=O) groups is 1. The molecule has 3 nitrogen and oxygen atoms in total. The number of halogens is 1. The second kappa shape index (κ2) is 2.88. The van der Waals surface area contributed by atoms with E-state index in [2.05, 4.69) is 4.98 Å². The van der Waals surface area contributed by atoms with E-state index in [4.69, 9.17) is 11.6 Å². The molecule has 11 heavy (non-hydrogen) atoms. The summed E-state index contributed by atoms with van der Waals surface area (Å²) < 4.78 is 0. The number of aldehydes is 1. The Morgan fingerprint density at radius 1 is 1.64 bits per heavy atom. The monoisotopic (exact) mass is 171 g/mol. The summed E-state index contributed by atoms with van der Waals surface area (Å²) in [5.74, 6) is 0. The van der Waals surface area contributed by atoms with Crippen molar-refractivity contribution in [3.05, 3.63) is 32.7 Å². The highest BCUT2D eigenvalue weighted by Crippen LogP contribution is 2.09. The largest absolute Gasteiger partial charge is 0.326 e. The van der Waals surface area contributed by atoms with E-state index in [1.807, 2.05) is 0 Å². The van der Waals surface area contributed by atoms with Gasteiger partial charge in [0.2, 0.25) is 0 Å². The Bertz CT molecular complexity index is 343. The molecule has 0 bridgehead atoms. The smallest absolute Gasteiger partial charge is 0.260 e. The number of aromatic amines is 1. The molecular weight excluding hydrogens is 166 g/mol. The highest BCUT2D eigenvalue weighted by atomic mass is 35.5. The third kappa shape index (κ3) is 1.49. The minimum Gasteiger partial charge on any atom is -0.326 e. The van der Waals surface area contributed by atoms with Gasteiger partial charge in [-0.2, -0.15) is 0 Å². The molecular formula is C7H6ClNO2. The van der Waals surface area contributed by atoms with Crippen molar-refractivity contribution >= 4 is 17.9 Å². The quantitative estimate of drug-likeness (QED) is 0.645. The van der Waals surface area contributed by atoms with Crippen LogP contribution < -0.4 is 5.56 Å². The molecule has 0 spiro atoms. The maximum atomic E-state index is 10.9. The Kier molecular flexibility index (Phi) is 2.10. The van der Waals surface area contributed by atoms with E-state index < -0.39 is 5.56 Å². The fourth-order valence-corrected chi connectivity index (χ4v) is 1.06. The molecule has 0 aliphatic carbocycles. The minimum atomic E-state index is -0.440. The first kappa shape index (κ1) is 8.01. The van der Waals surface area contributed by atoms with E-state index in [1.54, 1.807) is 6.92 Å². The molecule has 1 heterocycles. The van der Waals surface area contributed by atoms with Gasteiger partial charge in [0.1, 0.15) is 0 Å². The van der Waals surface area contributed by atoms with Gasteiger partial charge in [0.05, 0.1) is 10.6 Å². The van der Waals surface area contributed by atoms with Crippen LogP contribution in [0.25, 0.3) is 0 Å². The highest BCUT2D eigenvalue weighted by Gasteiger charge is 2.03. The molecule has 0 unspecified atom stereocenters. The summed E-state index contributed by atoms with van der Waals surface area (Å²) >= 11 is 5.58. The SMILES string of the molecule is Cc1cc(Cl)c(C=O)c(=O)[nH]1. The predicted octanol–water partition coefficient (Wildman–Crippen LogP) is 1.15. The number of aromatic nitrogens is 1. The summed E-state index contributed by atoms with van der Waals surface area (Å²) in [5, 5.41) is 0.196. The zero-order valence-electron chi connectivity index (χ0n) is 5.85. The second-order valence-electron chi connectivity index (χ2n) is 2.16. The maximum Gasteiger partial charge on any atom is 0.260 e. The summed E-state index contributed by atoms with van der Waals surface area (Å²) in [6.45, 7) is 1.70. The average molecular weight is 172 g/mol. The number of pyridine rings is 1. The summed E-state index contributed by atoms with van der Waals surface area (Å²) in [7, 11) is 0. The number of nitrogens with one attached hydrogen (secondary N) is 1. The minimum absolute atomic E-state index is 0.0164. The van der Waals surface area contributed by atoms with Crippen molar-refractivity contribution in [1.29, 1.82) is 0 Å². The fraction of sp³-hybridized carbons (Fsp3) is 0.143. The van der Waals surface area contributed by atoms with Crippen molar-refractivity contribution in [1.82, 2.24) is 4.98 Å². The zero-order valence-corrected chi connectivity index (χ0v) is 6.61. The molecule has 4 heteroatoms. The normalized spacial score (nSPS) is 9.64. The molecule has 0 aliphatic heterocycles. The molecule has 0 fully saturated rings. The molecule has 1 aromatic rings. The number of hydrogen-bond donors (Lipinski definition) is 1. The van der Waals surface area contributed by atoms with E-state index >= 15 is 0 Å². The van der Waals surface area contributed by atoms with E-state index in [-0.39, 0.29) is 10.6 Å². The molecule has 0 radical (unpaired) electrons. The molecule has 0 aliphatic rings. The van der Waals surface area contributed by atoms with Crippen LogP contribution in [0.4, 0.5) is 0 Å². The number of hydrogen-bond acceptors (Lipinski definition) is 2. The van der Waals surface area contributed by atoms with Crippen LogP contribution in [-0.2, 0) is 0 Å². The zero-order chi connectivity index (χ0) is 8.43. The molecule has 1 rings (SSSR count). The van der Waals surface area contributed by atoms with Crippen molar-refractivity contribution in [2.75, 3.05) is 0 Å². The number of rotatable bonds is 1. The van der Waals surface area contributed by atoms with Gasteiger partial charge in [0, 0.05) is 5.69 Å². The van der Waals surface area contributed by atoms with Gasteiger partial charge >= 0.3 is 0 Å². The molecule has 0 amide bonds. The van der Waals surface area contributed by atoms with Crippen LogP contribution in [0.15, 0.2) is 10.9 Å². The third-order valence-electron chi connectivity index (χ3n) is 1.27. The number of carbonyl (C=O) groups excluding carboxylic acids is 1. The lowest BCUT2D eigenvalue weighted by molar-refractivity contribution is 0.112. The van der Waals surface area contributed by atoms with E-state index in [1.165, 1.54) is 6.07 Å². The van der Waals surface area contributed by atoms with E-state index in [9.17, 15) is 9.59 Å². The Balaban J connectivity index is 3.49. The molecule has 58 valence electrons. The molecule has 1 aromatic heterocycles. The fourth-order valence-electron chi connectivity index (χ4n) is 0.769. The second-order valence-corrected chi connectivity index (χ2v) is 2.57.